The van der Waals surface area contributed by atoms with Gasteiger partial charge in [0.15, 0.2) is 0 Å². The molecule has 1 N–H and O–H groups in total. The molecule has 0 aliphatic rings. The quantitative estimate of drug-likeness (QED) is 0.0382. The third-order valence-electron chi connectivity index (χ3n) is 10.7. The summed E-state index contributed by atoms with van der Waals surface area (Å²) in [4.78, 5) is 12.2. The lowest BCUT2D eigenvalue weighted by molar-refractivity contribution is -0.154. The first-order chi connectivity index (χ1) is 26.7. The maximum absolute atomic E-state index is 12.2. The second-order valence-corrected chi connectivity index (χ2v) is 16.2. The van der Waals surface area contributed by atoms with Gasteiger partial charge >= 0.3 is 5.97 Å². The fourth-order valence-electron chi connectivity index (χ4n) is 7.06. The van der Waals surface area contributed by atoms with Crippen LogP contribution in [-0.2, 0) is 14.3 Å². The fraction of sp³-hybridized carbons (Fsp3) is 0.860. The number of ether oxygens (including phenoxy) is 2. The van der Waals surface area contributed by atoms with Crippen LogP contribution in [0.4, 0.5) is 0 Å². The van der Waals surface area contributed by atoms with Gasteiger partial charge in [-0.15, -0.1) is 0 Å². The number of aliphatic hydroxyl groups is 1. The zero-order valence-electron chi connectivity index (χ0n) is 36.5. The molecule has 0 bridgehead atoms. The van der Waals surface area contributed by atoms with E-state index in [0.29, 0.717) is 19.6 Å². The molecule has 0 amide bonds. The highest BCUT2D eigenvalue weighted by Crippen LogP contribution is 2.15. The molecule has 0 saturated heterocycles. The fourth-order valence-corrected chi connectivity index (χ4v) is 7.06. The van der Waals surface area contributed by atoms with Crippen molar-refractivity contribution in [3.63, 3.8) is 0 Å². The third-order valence-corrected chi connectivity index (χ3v) is 10.7. The van der Waals surface area contributed by atoms with E-state index in [0.717, 1.165) is 25.7 Å². The van der Waals surface area contributed by atoms with Gasteiger partial charge in [-0.2, -0.15) is 0 Å². The standard InChI is InChI=1S/C50H94O4/c1-3-5-7-9-11-13-15-17-19-21-23-24-25-26-27-28-30-32-34-36-38-40-42-44-46-53-48-49(47-51)54-50(52)45-43-41-39-37-35-33-31-29-22-20-18-16-14-12-10-8-6-4-2/h15,17,20-23,49,51H,3-14,16,18-19,24-48H2,1-2H3/b17-15-,22-20-,23-21-. The minimum absolute atomic E-state index is 0.172. The Hall–Kier alpha value is -1.39. The van der Waals surface area contributed by atoms with E-state index in [-0.39, 0.29) is 12.6 Å². The molecule has 0 aliphatic carbocycles. The van der Waals surface area contributed by atoms with Crippen LogP contribution in [0.2, 0.25) is 0 Å². The molecule has 0 spiro atoms. The van der Waals surface area contributed by atoms with E-state index in [2.05, 4.69) is 50.3 Å². The Morgan fingerprint density at radius 1 is 0.444 bits per heavy atom. The lowest BCUT2D eigenvalue weighted by atomic mass is 10.0. The number of esters is 1. The zero-order valence-corrected chi connectivity index (χ0v) is 36.5. The van der Waals surface area contributed by atoms with E-state index >= 15 is 0 Å². The third kappa shape index (κ3) is 45.0. The van der Waals surface area contributed by atoms with Gasteiger partial charge in [0.05, 0.1) is 13.2 Å². The lowest BCUT2D eigenvalue weighted by Gasteiger charge is -2.16. The first-order valence-electron chi connectivity index (χ1n) is 24.1. The van der Waals surface area contributed by atoms with Crippen molar-refractivity contribution in [1.82, 2.24) is 0 Å². The summed E-state index contributed by atoms with van der Waals surface area (Å²) in [5.41, 5.74) is 0. The van der Waals surface area contributed by atoms with Crippen molar-refractivity contribution in [2.45, 2.75) is 258 Å². The Kier molecular flexibility index (Phi) is 46.5. The maximum Gasteiger partial charge on any atom is 0.306 e. The van der Waals surface area contributed by atoms with Crippen LogP contribution in [-0.4, -0.2) is 37.0 Å². The van der Waals surface area contributed by atoms with Crippen LogP contribution in [0, 0.1) is 0 Å². The molecule has 0 aromatic carbocycles. The Morgan fingerprint density at radius 2 is 0.778 bits per heavy atom. The van der Waals surface area contributed by atoms with Crippen molar-refractivity contribution >= 4 is 5.97 Å². The van der Waals surface area contributed by atoms with E-state index in [4.69, 9.17) is 9.47 Å². The van der Waals surface area contributed by atoms with Gasteiger partial charge in [0.2, 0.25) is 0 Å². The number of rotatable bonds is 45. The molecular weight excluding hydrogens is 665 g/mol. The SMILES string of the molecule is CCCCCCC/C=C\C/C=C\CCCCCCCCCCCCCCOCC(CO)OC(=O)CCCCCCCCC/C=C\CCCCCCCCC. The zero-order chi connectivity index (χ0) is 39.1. The minimum Gasteiger partial charge on any atom is -0.457 e. The monoisotopic (exact) mass is 759 g/mol. The molecule has 0 aliphatic heterocycles. The first-order valence-corrected chi connectivity index (χ1v) is 24.1. The molecule has 0 aromatic rings. The Labute approximate surface area is 338 Å². The molecule has 0 rings (SSSR count). The Morgan fingerprint density at radius 3 is 1.17 bits per heavy atom. The number of unbranched alkanes of at least 4 members (excludes halogenated alkanes) is 31. The molecule has 0 aromatic heterocycles. The summed E-state index contributed by atoms with van der Waals surface area (Å²) < 4.78 is 11.2. The molecule has 0 radical (unpaired) electrons. The van der Waals surface area contributed by atoms with Crippen LogP contribution in [0.5, 0.6) is 0 Å². The van der Waals surface area contributed by atoms with Crippen LogP contribution in [0.25, 0.3) is 0 Å². The number of hydrogen-bond donors (Lipinski definition) is 1. The van der Waals surface area contributed by atoms with Crippen molar-refractivity contribution in [3.8, 4) is 0 Å². The highest BCUT2D eigenvalue weighted by Gasteiger charge is 2.13. The second-order valence-electron chi connectivity index (χ2n) is 16.2. The van der Waals surface area contributed by atoms with E-state index in [9.17, 15) is 9.90 Å². The van der Waals surface area contributed by atoms with E-state index in [1.54, 1.807) is 0 Å². The molecule has 4 heteroatoms. The first kappa shape index (κ1) is 52.6. The predicted octanol–water partition coefficient (Wildman–Crippen LogP) is 16.0. The number of carbonyl (C=O) groups excluding carboxylic acids is 1. The highest BCUT2D eigenvalue weighted by atomic mass is 16.6. The summed E-state index contributed by atoms with van der Waals surface area (Å²) in [6.45, 7) is 5.36. The summed E-state index contributed by atoms with van der Waals surface area (Å²) in [7, 11) is 0. The summed E-state index contributed by atoms with van der Waals surface area (Å²) in [6, 6.07) is 0. The van der Waals surface area contributed by atoms with Gasteiger partial charge in [0.25, 0.3) is 0 Å². The van der Waals surface area contributed by atoms with E-state index in [1.165, 1.54) is 205 Å². The maximum atomic E-state index is 12.2. The molecule has 0 fully saturated rings. The van der Waals surface area contributed by atoms with Crippen LogP contribution in [0.1, 0.15) is 251 Å². The molecule has 54 heavy (non-hydrogen) atoms. The van der Waals surface area contributed by atoms with Crippen molar-refractivity contribution < 1.29 is 19.4 Å². The molecule has 318 valence electrons. The van der Waals surface area contributed by atoms with Crippen LogP contribution >= 0.6 is 0 Å². The average Bonchev–Trinajstić information content (AvgIpc) is 3.18. The van der Waals surface area contributed by atoms with Gasteiger partial charge in [0.1, 0.15) is 6.10 Å². The topological polar surface area (TPSA) is 55.8 Å². The summed E-state index contributed by atoms with van der Waals surface area (Å²) in [5, 5.41) is 9.63. The van der Waals surface area contributed by atoms with Crippen LogP contribution < -0.4 is 0 Å². The van der Waals surface area contributed by atoms with Crippen molar-refractivity contribution in [2.24, 2.45) is 0 Å². The predicted molar refractivity (Wildman–Crippen MR) is 237 cm³/mol. The number of aliphatic hydroxyl groups excluding tert-OH is 1. The summed E-state index contributed by atoms with van der Waals surface area (Å²) in [6.07, 6.45) is 60.8. The normalized spacial score (nSPS) is 12.6. The second kappa shape index (κ2) is 47.8. The van der Waals surface area contributed by atoms with Gasteiger partial charge in [0, 0.05) is 13.0 Å². The molecular formula is C50H94O4. The van der Waals surface area contributed by atoms with Gasteiger partial charge in [-0.1, -0.05) is 211 Å². The molecule has 0 heterocycles. The lowest BCUT2D eigenvalue weighted by Crippen LogP contribution is -2.27. The van der Waals surface area contributed by atoms with Gasteiger partial charge in [-0.05, 0) is 70.6 Å². The van der Waals surface area contributed by atoms with Crippen LogP contribution in [0.15, 0.2) is 36.5 Å². The van der Waals surface area contributed by atoms with Gasteiger partial charge in [-0.25, -0.2) is 0 Å². The Bertz CT molecular complexity index is 802. The van der Waals surface area contributed by atoms with Gasteiger partial charge < -0.3 is 14.6 Å². The van der Waals surface area contributed by atoms with Crippen LogP contribution in [0.3, 0.4) is 0 Å². The largest absolute Gasteiger partial charge is 0.457 e. The average molecular weight is 759 g/mol. The van der Waals surface area contributed by atoms with E-state index < -0.39 is 6.10 Å². The summed E-state index contributed by atoms with van der Waals surface area (Å²) >= 11 is 0. The van der Waals surface area contributed by atoms with Crippen molar-refractivity contribution in [2.75, 3.05) is 19.8 Å². The highest BCUT2D eigenvalue weighted by molar-refractivity contribution is 5.69. The number of allylic oxidation sites excluding steroid dienone is 6. The van der Waals surface area contributed by atoms with Gasteiger partial charge in [-0.3, -0.25) is 4.79 Å². The Balaban J connectivity index is 3.40. The minimum atomic E-state index is -0.536. The smallest absolute Gasteiger partial charge is 0.306 e. The summed E-state index contributed by atoms with van der Waals surface area (Å²) in [5.74, 6) is -0.203. The number of carbonyl (C=O) groups is 1. The van der Waals surface area contributed by atoms with Crippen molar-refractivity contribution in [3.05, 3.63) is 36.5 Å². The molecule has 1 unspecified atom stereocenters. The molecule has 0 saturated carbocycles. The van der Waals surface area contributed by atoms with Crippen molar-refractivity contribution in [1.29, 1.82) is 0 Å². The molecule has 4 nitrogen and oxygen atoms in total. The molecule has 1 atom stereocenters. The number of hydrogen-bond acceptors (Lipinski definition) is 4. The van der Waals surface area contributed by atoms with E-state index in [1.807, 2.05) is 0 Å².